The highest BCUT2D eigenvalue weighted by Crippen LogP contribution is 1.99. The molecule has 0 aromatic heterocycles. The summed E-state index contributed by atoms with van der Waals surface area (Å²) in [6.07, 6.45) is 1.44. The molecular formula is C6H14ClNO2. The average molecular weight is 168 g/mol. The lowest BCUT2D eigenvalue weighted by Gasteiger charge is -1.92. The second kappa shape index (κ2) is 8.46. The first-order chi connectivity index (χ1) is 3.68. The Morgan fingerprint density at radius 3 is 2.10 bits per heavy atom. The van der Waals surface area contributed by atoms with Crippen molar-refractivity contribution in [3.63, 3.8) is 0 Å². The molecule has 0 aromatic rings. The normalized spacial score (nSPS) is 6.90. The zero-order chi connectivity index (χ0) is 6.57. The molecule has 0 atom stereocenters. The molecule has 4 heteroatoms. The zero-order valence-corrected chi connectivity index (χ0v) is 6.91. The lowest BCUT2D eigenvalue weighted by Crippen LogP contribution is -1.97. The van der Waals surface area contributed by atoms with Crippen LogP contribution in [-0.2, 0) is 4.79 Å². The first-order valence-electron chi connectivity index (χ1n) is 2.59. The van der Waals surface area contributed by atoms with E-state index in [1.807, 2.05) is 6.92 Å². The van der Waals surface area contributed by atoms with Crippen LogP contribution in [0.25, 0.3) is 0 Å². The number of carboxylic acid groups (broad SMARTS) is 1. The Balaban J connectivity index is -0.000000245. The second-order valence-electron chi connectivity index (χ2n) is 1.66. The topological polar surface area (TPSA) is 72.3 Å². The summed E-state index contributed by atoms with van der Waals surface area (Å²) in [5.74, 6) is -0.883. The molecule has 4 N–H and O–H groups in total. The Morgan fingerprint density at radius 2 is 2.00 bits per heavy atom. The molecule has 0 rings (SSSR count). The lowest BCUT2D eigenvalue weighted by molar-refractivity contribution is -0.132. The highest BCUT2D eigenvalue weighted by atomic mass is 35.5. The van der Waals surface area contributed by atoms with E-state index in [0.29, 0.717) is 12.0 Å². The van der Waals surface area contributed by atoms with Crippen LogP contribution in [0.2, 0.25) is 0 Å². The third kappa shape index (κ3) is 7.46. The van der Waals surface area contributed by atoms with Gasteiger partial charge in [0.1, 0.15) is 0 Å². The summed E-state index contributed by atoms with van der Waals surface area (Å²) in [6, 6.07) is 0. The minimum atomic E-state index is -0.883. The van der Waals surface area contributed by atoms with Crippen molar-refractivity contribution in [2.75, 3.05) is 0 Å². The van der Waals surface area contributed by atoms with Crippen LogP contribution in [-0.4, -0.2) is 11.1 Å². The predicted octanol–water partition coefficient (Wildman–Crippen LogP) is 2.01. The SMILES string of the molecule is C=C(CCC)C(=O)O.Cl.N. The van der Waals surface area contributed by atoms with Crippen molar-refractivity contribution in [3.8, 4) is 0 Å². The van der Waals surface area contributed by atoms with Gasteiger partial charge in [0.25, 0.3) is 0 Å². The van der Waals surface area contributed by atoms with Gasteiger partial charge in [-0.25, -0.2) is 4.79 Å². The lowest BCUT2D eigenvalue weighted by atomic mass is 10.2. The second-order valence-corrected chi connectivity index (χ2v) is 1.66. The van der Waals surface area contributed by atoms with Crippen molar-refractivity contribution < 1.29 is 9.90 Å². The van der Waals surface area contributed by atoms with Crippen molar-refractivity contribution >= 4 is 18.4 Å². The van der Waals surface area contributed by atoms with Crippen molar-refractivity contribution in [2.24, 2.45) is 0 Å². The number of halogens is 1. The van der Waals surface area contributed by atoms with Gasteiger partial charge < -0.3 is 11.3 Å². The summed E-state index contributed by atoms with van der Waals surface area (Å²) >= 11 is 0. The van der Waals surface area contributed by atoms with Crippen LogP contribution >= 0.6 is 12.4 Å². The molecule has 62 valence electrons. The van der Waals surface area contributed by atoms with Crippen LogP contribution in [0.5, 0.6) is 0 Å². The molecule has 0 bridgehead atoms. The molecule has 0 aliphatic heterocycles. The summed E-state index contributed by atoms with van der Waals surface area (Å²) in [7, 11) is 0. The number of carbonyl (C=O) groups is 1. The Kier molecular flexibility index (Phi) is 13.7. The smallest absolute Gasteiger partial charge is 0.330 e. The standard InChI is InChI=1S/C6H10O2.ClH.H3N/c1-3-4-5(2)6(7)8;;/h2-4H2,1H3,(H,7,8);1H;1H3. The van der Waals surface area contributed by atoms with Gasteiger partial charge in [-0.05, 0) is 6.42 Å². The van der Waals surface area contributed by atoms with E-state index in [1.54, 1.807) is 0 Å². The van der Waals surface area contributed by atoms with Gasteiger partial charge >= 0.3 is 5.97 Å². The molecule has 0 amide bonds. The van der Waals surface area contributed by atoms with E-state index in [2.05, 4.69) is 6.58 Å². The fourth-order valence-corrected chi connectivity index (χ4v) is 0.409. The molecule has 3 nitrogen and oxygen atoms in total. The molecule has 10 heavy (non-hydrogen) atoms. The maximum absolute atomic E-state index is 9.99. The van der Waals surface area contributed by atoms with Gasteiger partial charge in [0.05, 0.1) is 0 Å². The van der Waals surface area contributed by atoms with E-state index in [-0.39, 0.29) is 18.6 Å². The van der Waals surface area contributed by atoms with E-state index < -0.39 is 5.97 Å². The summed E-state index contributed by atoms with van der Waals surface area (Å²) in [5, 5.41) is 8.21. The van der Waals surface area contributed by atoms with Crippen LogP contribution in [0.3, 0.4) is 0 Å². The molecule has 0 saturated heterocycles. The number of hydrogen-bond donors (Lipinski definition) is 2. The minimum Gasteiger partial charge on any atom is -0.478 e. The summed E-state index contributed by atoms with van der Waals surface area (Å²) in [4.78, 5) is 9.99. The molecule has 0 heterocycles. The molecule has 0 aliphatic carbocycles. The Hall–Kier alpha value is -0.540. The number of aliphatic carboxylic acids is 1. The average Bonchev–Trinajstić information content (AvgIpc) is 1.67. The van der Waals surface area contributed by atoms with E-state index in [4.69, 9.17) is 5.11 Å². The summed E-state index contributed by atoms with van der Waals surface area (Å²) in [5.41, 5.74) is 0.299. The van der Waals surface area contributed by atoms with Crippen LogP contribution in [0.4, 0.5) is 0 Å². The van der Waals surface area contributed by atoms with Crippen molar-refractivity contribution in [1.82, 2.24) is 6.15 Å². The molecule has 0 saturated carbocycles. The van der Waals surface area contributed by atoms with E-state index in [1.165, 1.54) is 0 Å². The van der Waals surface area contributed by atoms with Crippen molar-refractivity contribution in [3.05, 3.63) is 12.2 Å². The van der Waals surface area contributed by atoms with E-state index >= 15 is 0 Å². The number of carboxylic acids is 1. The monoisotopic (exact) mass is 167 g/mol. The van der Waals surface area contributed by atoms with Gasteiger partial charge in [0, 0.05) is 5.57 Å². The Morgan fingerprint density at radius 1 is 1.60 bits per heavy atom. The third-order valence-corrected chi connectivity index (χ3v) is 0.854. The predicted molar refractivity (Wildman–Crippen MR) is 44.0 cm³/mol. The summed E-state index contributed by atoms with van der Waals surface area (Å²) < 4.78 is 0. The first kappa shape index (κ1) is 16.2. The Bertz CT molecular complexity index is 114. The van der Waals surface area contributed by atoms with Gasteiger partial charge in [0.15, 0.2) is 0 Å². The number of hydrogen-bond acceptors (Lipinski definition) is 2. The molecule has 0 radical (unpaired) electrons. The van der Waals surface area contributed by atoms with Gasteiger partial charge in [-0.15, -0.1) is 12.4 Å². The van der Waals surface area contributed by atoms with E-state index in [9.17, 15) is 4.79 Å². The van der Waals surface area contributed by atoms with Gasteiger partial charge in [0.2, 0.25) is 0 Å². The fourth-order valence-electron chi connectivity index (χ4n) is 0.409. The molecule has 0 unspecified atom stereocenters. The van der Waals surface area contributed by atoms with Crippen LogP contribution in [0.1, 0.15) is 19.8 Å². The highest BCUT2D eigenvalue weighted by molar-refractivity contribution is 5.85. The van der Waals surface area contributed by atoms with Crippen LogP contribution in [0.15, 0.2) is 12.2 Å². The highest BCUT2D eigenvalue weighted by Gasteiger charge is 1.99. The molecule has 0 aromatic carbocycles. The maximum atomic E-state index is 9.99. The molecule has 0 fully saturated rings. The first-order valence-corrected chi connectivity index (χ1v) is 2.59. The van der Waals surface area contributed by atoms with Gasteiger partial charge in [-0.2, -0.15) is 0 Å². The number of rotatable bonds is 3. The van der Waals surface area contributed by atoms with Crippen molar-refractivity contribution in [1.29, 1.82) is 0 Å². The van der Waals surface area contributed by atoms with Crippen LogP contribution in [0, 0.1) is 0 Å². The van der Waals surface area contributed by atoms with Gasteiger partial charge in [-0.3, -0.25) is 0 Å². The molecule has 0 spiro atoms. The van der Waals surface area contributed by atoms with Crippen molar-refractivity contribution in [2.45, 2.75) is 19.8 Å². The third-order valence-electron chi connectivity index (χ3n) is 0.854. The fraction of sp³-hybridized carbons (Fsp3) is 0.500. The van der Waals surface area contributed by atoms with E-state index in [0.717, 1.165) is 6.42 Å². The quantitative estimate of drug-likeness (QED) is 0.632. The van der Waals surface area contributed by atoms with Gasteiger partial charge in [-0.1, -0.05) is 19.9 Å². The molecule has 0 aliphatic rings. The largest absolute Gasteiger partial charge is 0.478 e. The molecular weight excluding hydrogens is 154 g/mol. The van der Waals surface area contributed by atoms with Crippen LogP contribution < -0.4 is 6.15 Å². The maximum Gasteiger partial charge on any atom is 0.330 e. The summed E-state index contributed by atoms with van der Waals surface area (Å²) in [6.45, 7) is 5.27. The zero-order valence-electron chi connectivity index (χ0n) is 6.09. The minimum absolute atomic E-state index is 0. The Labute approximate surface area is 67.1 Å².